The second kappa shape index (κ2) is 5.10. The van der Waals surface area contributed by atoms with Crippen LogP contribution in [0.2, 0.25) is 0 Å². The monoisotopic (exact) mass is 201 g/mol. The molecule has 1 aliphatic carbocycles. The van der Waals surface area contributed by atoms with Crippen molar-refractivity contribution in [1.29, 1.82) is 0 Å². The van der Waals surface area contributed by atoms with Gasteiger partial charge in [0.2, 0.25) is 0 Å². The highest BCUT2D eigenvalue weighted by Gasteiger charge is 2.25. The average molecular weight is 201 g/mol. The molecule has 0 spiro atoms. The van der Waals surface area contributed by atoms with E-state index in [1.165, 1.54) is 19.3 Å². The van der Waals surface area contributed by atoms with Crippen molar-refractivity contribution in [3.05, 3.63) is 0 Å². The van der Waals surface area contributed by atoms with Gasteiger partial charge in [0.05, 0.1) is 12.2 Å². The Bertz CT molecular complexity index is 161. The van der Waals surface area contributed by atoms with Crippen LogP contribution in [0.5, 0.6) is 0 Å². The Labute approximate surface area is 86.7 Å². The van der Waals surface area contributed by atoms with E-state index in [9.17, 15) is 5.11 Å². The summed E-state index contributed by atoms with van der Waals surface area (Å²) in [6.07, 6.45) is 4.61. The molecule has 1 fully saturated rings. The van der Waals surface area contributed by atoms with Gasteiger partial charge in [-0.25, -0.2) is 0 Å². The number of hydrogen-bond donors (Lipinski definition) is 2. The molecular weight excluding hydrogens is 178 g/mol. The van der Waals surface area contributed by atoms with Gasteiger partial charge in [-0.2, -0.15) is 0 Å². The maximum absolute atomic E-state index is 9.62. The third-order valence-electron chi connectivity index (χ3n) is 2.99. The fourth-order valence-electron chi connectivity index (χ4n) is 1.77. The molecule has 3 nitrogen and oxygen atoms in total. The van der Waals surface area contributed by atoms with Crippen molar-refractivity contribution in [3.63, 3.8) is 0 Å². The lowest BCUT2D eigenvalue weighted by Gasteiger charge is -2.38. The summed E-state index contributed by atoms with van der Waals surface area (Å²) in [6, 6.07) is 0.657. The first-order chi connectivity index (χ1) is 6.53. The topological polar surface area (TPSA) is 43.7 Å². The van der Waals surface area contributed by atoms with E-state index in [4.69, 9.17) is 5.11 Å². The van der Waals surface area contributed by atoms with Gasteiger partial charge >= 0.3 is 0 Å². The minimum Gasteiger partial charge on any atom is -0.395 e. The van der Waals surface area contributed by atoms with E-state index in [2.05, 4.69) is 4.90 Å². The summed E-state index contributed by atoms with van der Waals surface area (Å²) < 4.78 is 0. The number of nitrogens with zero attached hydrogens (tertiary/aromatic N) is 1. The molecule has 3 heteroatoms. The van der Waals surface area contributed by atoms with Crippen LogP contribution >= 0.6 is 0 Å². The van der Waals surface area contributed by atoms with Gasteiger partial charge in [-0.1, -0.05) is 6.42 Å². The van der Waals surface area contributed by atoms with Crippen molar-refractivity contribution in [2.45, 2.75) is 51.2 Å². The summed E-state index contributed by atoms with van der Waals surface area (Å²) in [5, 5.41) is 18.5. The molecular formula is C11H23NO2. The van der Waals surface area contributed by atoms with Crippen LogP contribution in [-0.4, -0.2) is 46.5 Å². The zero-order chi connectivity index (χ0) is 10.6. The lowest BCUT2D eigenvalue weighted by Crippen LogP contribution is -2.43. The Kier molecular flexibility index (Phi) is 4.35. The van der Waals surface area contributed by atoms with Gasteiger partial charge < -0.3 is 10.2 Å². The van der Waals surface area contributed by atoms with E-state index in [1.807, 2.05) is 13.8 Å². The fourth-order valence-corrected chi connectivity index (χ4v) is 1.77. The van der Waals surface area contributed by atoms with Crippen LogP contribution in [0.15, 0.2) is 0 Å². The quantitative estimate of drug-likeness (QED) is 0.673. The Morgan fingerprint density at radius 2 is 1.93 bits per heavy atom. The van der Waals surface area contributed by atoms with Gasteiger partial charge in [0.1, 0.15) is 0 Å². The standard InChI is InChI=1S/C11H23NO2/c1-11(2,14)6-7-12(8-9-13)10-4-3-5-10/h10,13-14H,3-9H2,1-2H3. The molecule has 0 aromatic heterocycles. The van der Waals surface area contributed by atoms with Crippen LogP contribution in [0.3, 0.4) is 0 Å². The van der Waals surface area contributed by atoms with Gasteiger partial charge in [-0.3, -0.25) is 4.90 Å². The number of aliphatic hydroxyl groups excluding tert-OH is 1. The maximum Gasteiger partial charge on any atom is 0.0603 e. The van der Waals surface area contributed by atoms with Crippen molar-refractivity contribution in [2.75, 3.05) is 19.7 Å². The van der Waals surface area contributed by atoms with Crippen molar-refractivity contribution in [3.8, 4) is 0 Å². The summed E-state index contributed by atoms with van der Waals surface area (Å²) in [4.78, 5) is 2.31. The fraction of sp³-hybridized carbons (Fsp3) is 1.00. The molecule has 84 valence electrons. The number of rotatable bonds is 6. The minimum absolute atomic E-state index is 0.225. The summed E-state index contributed by atoms with van der Waals surface area (Å²) in [5.41, 5.74) is -0.586. The van der Waals surface area contributed by atoms with Crippen molar-refractivity contribution < 1.29 is 10.2 Å². The van der Waals surface area contributed by atoms with Crippen LogP contribution in [0, 0.1) is 0 Å². The van der Waals surface area contributed by atoms with Crippen LogP contribution < -0.4 is 0 Å². The third-order valence-corrected chi connectivity index (χ3v) is 2.99. The summed E-state index contributed by atoms with van der Waals surface area (Å²) in [5.74, 6) is 0. The first-order valence-electron chi connectivity index (χ1n) is 5.60. The van der Waals surface area contributed by atoms with Crippen LogP contribution in [0.25, 0.3) is 0 Å². The highest BCUT2D eigenvalue weighted by atomic mass is 16.3. The molecule has 0 heterocycles. The molecule has 2 N–H and O–H groups in total. The lowest BCUT2D eigenvalue weighted by atomic mass is 9.91. The first kappa shape index (κ1) is 12.0. The smallest absolute Gasteiger partial charge is 0.0603 e. The normalized spacial score (nSPS) is 18.6. The molecule has 0 unspecified atom stereocenters. The summed E-state index contributed by atoms with van der Waals surface area (Å²) in [6.45, 7) is 5.55. The molecule has 14 heavy (non-hydrogen) atoms. The molecule has 0 radical (unpaired) electrons. The summed E-state index contributed by atoms with van der Waals surface area (Å²) in [7, 11) is 0. The van der Waals surface area contributed by atoms with E-state index >= 15 is 0 Å². The van der Waals surface area contributed by atoms with Crippen LogP contribution in [-0.2, 0) is 0 Å². The van der Waals surface area contributed by atoms with Gasteiger partial charge in [0, 0.05) is 19.1 Å². The highest BCUT2D eigenvalue weighted by Crippen LogP contribution is 2.25. The van der Waals surface area contributed by atoms with E-state index in [1.54, 1.807) is 0 Å². The molecule has 0 saturated heterocycles. The minimum atomic E-state index is -0.586. The Hall–Kier alpha value is -0.120. The molecule has 1 rings (SSSR count). The van der Waals surface area contributed by atoms with Crippen molar-refractivity contribution in [1.82, 2.24) is 4.90 Å². The Morgan fingerprint density at radius 1 is 1.29 bits per heavy atom. The lowest BCUT2D eigenvalue weighted by molar-refractivity contribution is 0.0351. The van der Waals surface area contributed by atoms with Crippen molar-refractivity contribution >= 4 is 0 Å². The van der Waals surface area contributed by atoms with Crippen molar-refractivity contribution in [2.24, 2.45) is 0 Å². The second-order valence-electron chi connectivity index (χ2n) is 4.91. The molecule has 0 aliphatic heterocycles. The third kappa shape index (κ3) is 3.95. The second-order valence-corrected chi connectivity index (χ2v) is 4.91. The van der Waals surface area contributed by atoms with Gasteiger partial charge in [0.25, 0.3) is 0 Å². The van der Waals surface area contributed by atoms with E-state index in [-0.39, 0.29) is 6.61 Å². The number of aliphatic hydroxyl groups is 2. The molecule has 0 aromatic rings. The molecule has 0 aromatic carbocycles. The highest BCUT2D eigenvalue weighted by molar-refractivity contribution is 4.81. The zero-order valence-corrected chi connectivity index (χ0v) is 9.37. The number of hydrogen-bond acceptors (Lipinski definition) is 3. The largest absolute Gasteiger partial charge is 0.395 e. The molecule has 0 bridgehead atoms. The average Bonchev–Trinajstić information content (AvgIpc) is 1.95. The van der Waals surface area contributed by atoms with Crippen LogP contribution in [0.4, 0.5) is 0 Å². The predicted octanol–water partition coefficient (Wildman–Crippen LogP) is 0.994. The zero-order valence-electron chi connectivity index (χ0n) is 9.37. The Morgan fingerprint density at radius 3 is 2.29 bits per heavy atom. The summed E-state index contributed by atoms with van der Waals surface area (Å²) >= 11 is 0. The van der Waals surface area contributed by atoms with Gasteiger partial charge in [-0.15, -0.1) is 0 Å². The molecule has 1 saturated carbocycles. The van der Waals surface area contributed by atoms with E-state index in [0.717, 1.165) is 19.5 Å². The van der Waals surface area contributed by atoms with E-state index in [0.29, 0.717) is 6.04 Å². The SMILES string of the molecule is CC(C)(O)CCN(CCO)C1CCC1. The molecule has 0 amide bonds. The van der Waals surface area contributed by atoms with Gasteiger partial charge in [0.15, 0.2) is 0 Å². The Balaban J connectivity index is 2.27. The van der Waals surface area contributed by atoms with E-state index < -0.39 is 5.60 Å². The van der Waals surface area contributed by atoms with Gasteiger partial charge in [-0.05, 0) is 33.1 Å². The first-order valence-corrected chi connectivity index (χ1v) is 5.60. The van der Waals surface area contributed by atoms with Crippen LogP contribution in [0.1, 0.15) is 39.5 Å². The molecule has 0 atom stereocenters. The maximum atomic E-state index is 9.62. The molecule has 1 aliphatic rings. The predicted molar refractivity (Wildman–Crippen MR) is 57.2 cm³/mol.